The van der Waals surface area contributed by atoms with Gasteiger partial charge in [-0.15, -0.1) is 0 Å². The summed E-state index contributed by atoms with van der Waals surface area (Å²) in [6.07, 6.45) is 0.874. The second-order valence-electron chi connectivity index (χ2n) is 6.10. The second kappa shape index (κ2) is 5.91. The molecular formula is C21H17N3O. The van der Waals surface area contributed by atoms with Crippen LogP contribution >= 0.6 is 0 Å². The summed E-state index contributed by atoms with van der Waals surface area (Å²) in [7, 11) is 0. The van der Waals surface area contributed by atoms with E-state index in [0.29, 0.717) is 17.8 Å². The van der Waals surface area contributed by atoms with Crippen LogP contribution in [0.5, 0.6) is 0 Å². The number of fused-ring (bicyclic) bond motifs is 2. The summed E-state index contributed by atoms with van der Waals surface area (Å²) in [5.74, 6) is 0.0208. The number of carbonyl (C=O) groups is 1. The van der Waals surface area contributed by atoms with Crippen molar-refractivity contribution in [2.24, 2.45) is 5.73 Å². The predicted molar refractivity (Wildman–Crippen MR) is 101 cm³/mol. The number of nitrogens with one attached hydrogen (secondary N) is 1. The molecule has 4 nitrogen and oxygen atoms in total. The maximum absolute atomic E-state index is 11.6. The van der Waals surface area contributed by atoms with Gasteiger partial charge >= 0.3 is 0 Å². The van der Waals surface area contributed by atoms with Crippen LogP contribution < -0.4 is 5.73 Å². The molecule has 0 bridgehead atoms. The molecule has 0 atom stereocenters. The number of hydrogen-bond acceptors (Lipinski definition) is 2. The van der Waals surface area contributed by atoms with Crippen molar-refractivity contribution >= 4 is 33.8 Å². The maximum Gasteiger partial charge on any atom is 0.166 e. The molecule has 4 aromatic rings. The van der Waals surface area contributed by atoms with Gasteiger partial charge in [0.15, 0.2) is 6.29 Å². The summed E-state index contributed by atoms with van der Waals surface area (Å²) in [6.45, 7) is 0.584. The number of aldehydes is 1. The number of hydrogen-bond donors (Lipinski definition) is 2. The van der Waals surface area contributed by atoms with Crippen LogP contribution in [0, 0.1) is 5.41 Å². The molecule has 0 spiro atoms. The third-order valence-corrected chi connectivity index (χ3v) is 4.58. The zero-order chi connectivity index (χ0) is 17.4. The Bertz CT molecular complexity index is 1120. The standard InChI is InChI=1S/C21H17N3O/c22-21(23)16-9-8-15-10-18(13-25)24(20(15)11-16)12-17-6-3-5-14-4-1-2-7-19(14)17/h1-11,13H,12H2,(H3,22,23). The van der Waals surface area contributed by atoms with Crippen LogP contribution in [0.15, 0.2) is 66.7 Å². The number of aromatic nitrogens is 1. The number of nitrogens with zero attached hydrogens (tertiary/aromatic N) is 1. The molecule has 4 rings (SSSR count). The number of nitrogen functional groups attached to an aromatic ring is 1. The highest BCUT2D eigenvalue weighted by molar-refractivity contribution is 6.00. The summed E-state index contributed by atoms with van der Waals surface area (Å²) in [5.41, 5.74) is 8.95. The van der Waals surface area contributed by atoms with Gasteiger partial charge in [-0.2, -0.15) is 0 Å². The fourth-order valence-electron chi connectivity index (χ4n) is 3.32. The minimum absolute atomic E-state index is 0.0208. The summed E-state index contributed by atoms with van der Waals surface area (Å²) >= 11 is 0. The highest BCUT2D eigenvalue weighted by Crippen LogP contribution is 2.25. The molecule has 0 unspecified atom stereocenters. The van der Waals surface area contributed by atoms with Crippen molar-refractivity contribution in [1.29, 1.82) is 5.41 Å². The topological polar surface area (TPSA) is 71.9 Å². The summed E-state index contributed by atoms with van der Waals surface area (Å²) in [4.78, 5) is 11.6. The quantitative estimate of drug-likeness (QED) is 0.338. The Morgan fingerprint density at radius 2 is 1.80 bits per heavy atom. The third kappa shape index (κ3) is 2.58. The molecule has 3 N–H and O–H groups in total. The van der Waals surface area contributed by atoms with E-state index in [-0.39, 0.29) is 5.84 Å². The van der Waals surface area contributed by atoms with Crippen molar-refractivity contribution in [2.75, 3.05) is 0 Å². The number of rotatable bonds is 4. The fourth-order valence-corrected chi connectivity index (χ4v) is 3.32. The number of amidine groups is 1. The molecule has 25 heavy (non-hydrogen) atoms. The second-order valence-corrected chi connectivity index (χ2v) is 6.10. The Morgan fingerprint density at radius 1 is 1.00 bits per heavy atom. The highest BCUT2D eigenvalue weighted by atomic mass is 16.1. The zero-order valence-electron chi connectivity index (χ0n) is 13.6. The monoisotopic (exact) mass is 327 g/mol. The van der Waals surface area contributed by atoms with Crippen LogP contribution in [0.2, 0.25) is 0 Å². The van der Waals surface area contributed by atoms with E-state index < -0.39 is 0 Å². The van der Waals surface area contributed by atoms with Gasteiger partial charge in [0, 0.05) is 23.0 Å². The first-order valence-corrected chi connectivity index (χ1v) is 8.07. The molecular weight excluding hydrogens is 310 g/mol. The maximum atomic E-state index is 11.6. The molecule has 122 valence electrons. The average Bonchev–Trinajstić information content (AvgIpc) is 2.99. The molecule has 0 aliphatic carbocycles. The first kappa shape index (κ1) is 15.1. The molecule has 0 saturated carbocycles. The first-order chi connectivity index (χ1) is 12.2. The predicted octanol–water partition coefficient (Wildman–Crippen LogP) is 3.94. The molecule has 0 radical (unpaired) electrons. The van der Waals surface area contributed by atoms with Gasteiger partial charge < -0.3 is 10.3 Å². The van der Waals surface area contributed by atoms with Gasteiger partial charge in [-0.05, 0) is 28.5 Å². The van der Waals surface area contributed by atoms with Crippen molar-refractivity contribution in [1.82, 2.24) is 4.57 Å². The number of nitrogens with two attached hydrogens (primary N) is 1. The Morgan fingerprint density at radius 3 is 2.60 bits per heavy atom. The Balaban J connectivity index is 1.91. The number of carbonyl (C=O) groups excluding carboxylic acids is 1. The van der Waals surface area contributed by atoms with E-state index in [0.717, 1.165) is 22.8 Å². The van der Waals surface area contributed by atoms with E-state index in [1.54, 1.807) is 0 Å². The van der Waals surface area contributed by atoms with Crippen LogP contribution in [-0.2, 0) is 6.54 Å². The molecule has 0 aliphatic heterocycles. The van der Waals surface area contributed by atoms with Crippen molar-refractivity contribution in [3.8, 4) is 0 Å². The Hall–Kier alpha value is -3.40. The lowest BCUT2D eigenvalue weighted by atomic mass is 10.0. The molecule has 4 heteroatoms. The lowest BCUT2D eigenvalue weighted by Gasteiger charge is -2.11. The summed E-state index contributed by atoms with van der Waals surface area (Å²) < 4.78 is 1.98. The van der Waals surface area contributed by atoms with Crippen LogP contribution in [-0.4, -0.2) is 16.7 Å². The highest BCUT2D eigenvalue weighted by Gasteiger charge is 2.11. The first-order valence-electron chi connectivity index (χ1n) is 8.07. The van der Waals surface area contributed by atoms with Crippen molar-refractivity contribution < 1.29 is 4.79 Å². The molecule has 1 heterocycles. The third-order valence-electron chi connectivity index (χ3n) is 4.58. The van der Waals surface area contributed by atoms with Gasteiger partial charge in [-0.3, -0.25) is 10.2 Å². The van der Waals surface area contributed by atoms with Crippen molar-refractivity contribution in [3.05, 3.63) is 83.6 Å². The minimum atomic E-state index is 0.0208. The Labute approximate surface area is 145 Å². The average molecular weight is 327 g/mol. The van der Waals surface area contributed by atoms with Crippen molar-refractivity contribution in [3.63, 3.8) is 0 Å². The van der Waals surface area contributed by atoms with Crippen molar-refractivity contribution in [2.45, 2.75) is 6.54 Å². The lowest BCUT2D eigenvalue weighted by molar-refractivity contribution is 0.111. The van der Waals surface area contributed by atoms with Crippen LogP contribution in [0.1, 0.15) is 21.6 Å². The van der Waals surface area contributed by atoms with Gasteiger partial charge in [0.25, 0.3) is 0 Å². The van der Waals surface area contributed by atoms with E-state index in [4.69, 9.17) is 11.1 Å². The van der Waals surface area contributed by atoms with E-state index in [1.165, 1.54) is 10.8 Å². The molecule has 0 aliphatic rings. The normalized spacial score (nSPS) is 11.0. The van der Waals surface area contributed by atoms with Gasteiger partial charge in [0.2, 0.25) is 0 Å². The minimum Gasteiger partial charge on any atom is -0.384 e. The van der Waals surface area contributed by atoms with E-state index in [1.807, 2.05) is 47.0 Å². The van der Waals surface area contributed by atoms with E-state index in [2.05, 4.69) is 24.3 Å². The van der Waals surface area contributed by atoms with Crippen LogP contribution in [0.3, 0.4) is 0 Å². The largest absolute Gasteiger partial charge is 0.384 e. The van der Waals surface area contributed by atoms with Gasteiger partial charge in [0.1, 0.15) is 5.84 Å². The SMILES string of the molecule is N=C(N)c1ccc2cc(C=O)n(Cc3cccc4ccccc34)c2c1. The zero-order valence-corrected chi connectivity index (χ0v) is 13.6. The fraction of sp³-hybridized carbons (Fsp3) is 0.0476. The van der Waals surface area contributed by atoms with Gasteiger partial charge in [-0.25, -0.2) is 0 Å². The molecule has 3 aromatic carbocycles. The Kier molecular flexibility index (Phi) is 3.58. The summed E-state index contributed by atoms with van der Waals surface area (Å²) in [5, 5.41) is 11.0. The lowest BCUT2D eigenvalue weighted by Crippen LogP contribution is -2.11. The van der Waals surface area contributed by atoms with Gasteiger partial charge in [0.05, 0.1) is 5.69 Å². The van der Waals surface area contributed by atoms with E-state index in [9.17, 15) is 4.79 Å². The van der Waals surface area contributed by atoms with E-state index >= 15 is 0 Å². The molecule has 0 fully saturated rings. The van der Waals surface area contributed by atoms with Gasteiger partial charge in [-0.1, -0.05) is 54.6 Å². The molecule has 0 amide bonds. The van der Waals surface area contributed by atoms with Crippen LogP contribution in [0.4, 0.5) is 0 Å². The summed E-state index contributed by atoms with van der Waals surface area (Å²) in [6, 6.07) is 21.9. The number of benzene rings is 3. The smallest absolute Gasteiger partial charge is 0.166 e. The van der Waals surface area contributed by atoms with Crippen LogP contribution in [0.25, 0.3) is 21.7 Å². The molecule has 1 aromatic heterocycles. The molecule has 0 saturated heterocycles.